The third-order valence-electron chi connectivity index (χ3n) is 7.59. The van der Waals surface area contributed by atoms with Gasteiger partial charge >= 0.3 is 6.18 Å². The molecule has 2 aliphatic heterocycles. The molecule has 2 aliphatic rings. The van der Waals surface area contributed by atoms with Gasteiger partial charge in [-0.25, -0.2) is 8.78 Å². The van der Waals surface area contributed by atoms with Gasteiger partial charge in [-0.3, -0.25) is 14.7 Å². The summed E-state index contributed by atoms with van der Waals surface area (Å²) in [6.45, 7) is 3.97. The van der Waals surface area contributed by atoms with Crippen LogP contribution in [0, 0.1) is 24.5 Å². The molecule has 2 saturated heterocycles. The number of carbonyl (C=O) groups is 2. The molecule has 2 amide bonds. The average molecular weight is 551 g/mol. The number of H-pyrrole nitrogens is 1. The van der Waals surface area contributed by atoms with Crippen LogP contribution in [0.15, 0.2) is 30.5 Å². The first-order chi connectivity index (χ1) is 18.5. The van der Waals surface area contributed by atoms with Gasteiger partial charge in [0.25, 0.3) is 5.91 Å². The maximum absolute atomic E-state index is 14.9. The van der Waals surface area contributed by atoms with E-state index in [1.165, 1.54) is 4.90 Å². The Balaban J connectivity index is 1.46. The number of ether oxygens (including phenoxy) is 1. The molecule has 0 bridgehead atoms. The summed E-state index contributed by atoms with van der Waals surface area (Å²) < 4.78 is 73.8. The zero-order valence-electron chi connectivity index (χ0n) is 21.2. The Kier molecular flexibility index (Phi) is 7.08. The molecule has 3 aromatic rings. The Morgan fingerprint density at radius 3 is 2.54 bits per heavy atom. The maximum Gasteiger partial charge on any atom is 0.419 e. The van der Waals surface area contributed by atoms with Crippen LogP contribution in [0.1, 0.15) is 59.3 Å². The molecule has 5 rings (SSSR count). The number of carbonyl (C=O) groups excluding carboxylic acids is 2. The number of nitrogens with one attached hydrogen (secondary N) is 2. The van der Waals surface area contributed by atoms with Crippen molar-refractivity contribution in [3.63, 3.8) is 0 Å². The van der Waals surface area contributed by atoms with Crippen LogP contribution >= 0.6 is 0 Å². The smallest absolute Gasteiger partial charge is 0.381 e. The predicted molar refractivity (Wildman–Crippen MR) is 131 cm³/mol. The van der Waals surface area contributed by atoms with Crippen LogP contribution in [-0.4, -0.2) is 52.2 Å². The zero-order valence-corrected chi connectivity index (χ0v) is 21.2. The number of likely N-dealkylation sites (tertiary alicyclic amines) is 1. The Bertz CT molecular complexity index is 1420. The summed E-state index contributed by atoms with van der Waals surface area (Å²) >= 11 is 0. The highest BCUT2D eigenvalue weighted by Crippen LogP contribution is 2.37. The summed E-state index contributed by atoms with van der Waals surface area (Å²) in [4.78, 5) is 29.0. The minimum atomic E-state index is -5.07. The summed E-state index contributed by atoms with van der Waals surface area (Å²) in [6.07, 6.45) is -1.98. The van der Waals surface area contributed by atoms with Crippen molar-refractivity contribution in [2.24, 2.45) is 5.92 Å². The van der Waals surface area contributed by atoms with E-state index in [-0.39, 0.29) is 31.2 Å². The highest BCUT2D eigenvalue weighted by atomic mass is 19.4. The number of rotatable bonds is 6. The molecule has 0 radical (unpaired) electrons. The fraction of sp³-hybridized carbons (Fsp3) is 0.444. The van der Waals surface area contributed by atoms with E-state index in [4.69, 9.17) is 4.74 Å². The number of hydrogen-bond donors (Lipinski definition) is 2. The minimum Gasteiger partial charge on any atom is -0.381 e. The van der Waals surface area contributed by atoms with E-state index >= 15 is 0 Å². The van der Waals surface area contributed by atoms with E-state index in [9.17, 15) is 31.5 Å². The van der Waals surface area contributed by atoms with E-state index < -0.39 is 52.8 Å². The number of aromatic nitrogens is 2. The van der Waals surface area contributed by atoms with Crippen LogP contribution in [-0.2, 0) is 15.7 Å². The van der Waals surface area contributed by atoms with Gasteiger partial charge in [0, 0.05) is 22.9 Å². The van der Waals surface area contributed by atoms with Gasteiger partial charge in [-0.2, -0.15) is 18.3 Å². The summed E-state index contributed by atoms with van der Waals surface area (Å²) in [7, 11) is 0. The lowest BCUT2D eigenvalue weighted by Crippen LogP contribution is -2.52. The first-order valence-corrected chi connectivity index (χ1v) is 12.7. The number of hydrogen-bond acceptors (Lipinski definition) is 4. The van der Waals surface area contributed by atoms with Crippen molar-refractivity contribution in [2.75, 3.05) is 13.2 Å². The van der Waals surface area contributed by atoms with E-state index in [1.54, 1.807) is 12.3 Å². The van der Waals surface area contributed by atoms with Crippen molar-refractivity contribution in [1.82, 2.24) is 20.4 Å². The van der Waals surface area contributed by atoms with Crippen molar-refractivity contribution in [2.45, 2.75) is 57.4 Å². The zero-order chi connectivity index (χ0) is 28.1. The summed E-state index contributed by atoms with van der Waals surface area (Å²) in [5.74, 6) is -4.36. The van der Waals surface area contributed by atoms with E-state index in [0.717, 1.165) is 10.9 Å². The lowest BCUT2D eigenvalue weighted by Gasteiger charge is -2.36. The third kappa shape index (κ3) is 4.97. The molecule has 2 fully saturated rings. The number of nitrogens with zero attached hydrogens (tertiary/aromatic N) is 2. The van der Waals surface area contributed by atoms with Crippen LogP contribution < -0.4 is 5.32 Å². The lowest BCUT2D eigenvalue weighted by molar-refractivity contribution is -0.140. The van der Waals surface area contributed by atoms with Crippen molar-refractivity contribution < 1.29 is 36.3 Å². The number of halogens is 5. The van der Waals surface area contributed by atoms with Gasteiger partial charge in [0.15, 0.2) is 0 Å². The second-order valence-corrected chi connectivity index (χ2v) is 10.1. The molecule has 0 spiro atoms. The lowest BCUT2D eigenvalue weighted by atomic mass is 9.90. The third-order valence-corrected chi connectivity index (χ3v) is 7.59. The fourth-order valence-corrected chi connectivity index (χ4v) is 5.53. The van der Waals surface area contributed by atoms with Crippen LogP contribution in [0.2, 0.25) is 0 Å². The van der Waals surface area contributed by atoms with Crippen molar-refractivity contribution in [3.8, 4) is 0 Å². The van der Waals surface area contributed by atoms with E-state index in [1.807, 2.05) is 19.9 Å². The predicted octanol–water partition coefficient (Wildman–Crippen LogP) is 5.06. The molecule has 7 nitrogen and oxygen atoms in total. The molecule has 3 heterocycles. The molecular weight excluding hydrogens is 523 g/mol. The first-order valence-electron chi connectivity index (χ1n) is 12.7. The maximum atomic E-state index is 14.9. The molecule has 1 aromatic heterocycles. The second kappa shape index (κ2) is 10.2. The van der Waals surface area contributed by atoms with Crippen molar-refractivity contribution in [3.05, 3.63) is 64.4 Å². The molecule has 2 aromatic carbocycles. The largest absolute Gasteiger partial charge is 0.419 e. The summed E-state index contributed by atoms with van der Waals surface area (Å²) in [5, 5.41) is 10.3. The van der Waals surface area contributed by atoms with E-state index in [0.29, 0.717) is 36.4 Å². The van der Waals surface area contributed by atoms with Crippen LogP contribution in [0.3, 0.4) is 0 Å². The summed E-state index contributed by atoms with van der Waals surface area (Å²) in [5.41, 5.74) is -0.382. The monoisotopic (exact) mass is 550 g/mol. The summed E-state index contributed by atoms with van der Waals surface area (Å²) in [6, 6.07) is 1.90. The molecule has 1 unspecified atom stereocenters. The number of fused-ring (bicyclic) bond motifs is 1. The van der Waals surface area contributed by atoms with Gasteiger partial charge < -0.3 is 15.0 Å². The number of aryl methyl sites for hydroxylation is 1. The van der Waals surface area contributed by atoms with Gasteiger partial charge in [-0.05, 0) is 56.0 Å². The van der Waals surface area contributed by atoms with Gasteiger partial charge in [-0.1, -0.05) is 6.92 Å². The molecule has 39 heavy (non-hydrogen) atoms. The first kappa shape index (κ1) is 27.0. The van der Waals surface area contributed by atoms with Crippen LogP contribution in [0.5, 0.6) is 0 Å². The average Bonchev–Trinajstić information content (AvgIpc) is 3.48. The fourth-order valence-electron chi connectivity index (χ4n) is 5.53. The normalized spacial score (nSPS) is 20.7. The van der Waals surface area contributed by atoms with E-state index in [2.05, 4.69) is 15.5 Å². The Morgan fingerprint density at radius 2 is 1.90 bits per heavy atom. The number of aromatic amines is 1. The Morgan fingerprint density at radius 1 is 1.15 bits per heavy atom. The molecular formula is C27H27F5N4O3. The second-order valence-electron chi connectivity index (χ2n) is 10.1. The molecule has 3 atom stereocenters. The van der Waals surface area contributed by atoms with Crippen molar-refractivity contribution in [1.29, 1.82) is 0 Å². The van der Waals surface area contributed by atoms with Crippen LogP contribution in [0.4, 0.5) is 22.0 Å². The van der Waals surface area contributed by atoms with Gasteiger partial charge in [0.1, 0.15) is 17.7 Å². The van der Waals surface area contributed by atoms with Crippen molar-refractivity contribution >= 4 is 22.7 Å². The quantitative estimate of drug-likeness (QED) is 0.421. The highest BCUT2D eigenvalue weighted by molar-refractivity contribution is 6.07. The van der Waals surface area contributed by atoms with Crippen LogP contribution in [0.25, 0.3) is 10.9 Å². The molecule has 12 heteroatoms. The number of benzene rings is 2. The van der Waals surface area contributed by atoms with Gasteiger partial charge in [-0.15, -0.1) is 0 Å². The highest BCUT2D eigenvalue weighted by Gasteiger charge is 2.43. The molecule has 0 aliphatic carbocycles. The Hall–Kier alpha value is -3.54. The number of amides is 2. The standard InChI is InChI=1S/C27H27F5N4O3/c1-3-16-4-5-22(36(16)26(38)18-7-13(2)6-14-10-33-35-24(14)18)25(37)34-23(15-11-39-12-15)17-8-21(29)19(9-20(17)28)27(30,31)32/h6-10,15-16,22-23H,3-5,11-12H2,1-2H3,(H,33,35)(H,34,37)/t16-,22-,23?/m1/s1. The van der Waals surface area contributed by atoms with Gasteiger partial charge in [0.2, 0.25) is 5.91 Å². The molecule has 208 valence electrons. The molecule has 2 N–H and O–H groups in total. The topological polar surface area (TPSA) is 87.3 Å². The SMILES string of the molecule is CC[C@@H]1CC[C@H](C(=O)NC(c2cc(F)c(C(F)(F)F)cc2F)C2COC2)N1C(=O)c1cc(C)cc2cn[nH]c12. The minimum absolute atomic E-state index is 0.106. The number of alkyl halides is 3. The molecule has 0 saturated carbocycles. The van der Waals surface area contributed by atoms with Gasteiger partial charge in [0.05, 0.1) is 42.1 Å². The Labute approximate surface area is 220 Å².